The Kier molecular flexibility index (Phi) is 6.45. The smallest absolute Gasteiger partial charge is 0.260 e. The zero-order chi connectivity index (χ0) is 15.1. The summed E-state index contributed by atoms with van der Waals surface area (Å²) in [4.78, 5) is 11.8. The molecule has 1 amide bonds. The maximum atomic E-state index is 13.8. The van der Waals surface area contributed by atoms with Gasteiger partial charge in [0, 0.05) is 13.1 Å². The van der Waals surface area contributed by atoms with Crippen molar-refractivity contribution in [3.05, 3.63) is 29.6 Å². The fourth-order valence-electron chi connectivity index (χ4n) is 1.65. The summed E-state index contributed by atoms with van der Waals surface area (Å²) in [5.74, 6) is -0.237. The van der Waals surface area contributed by atoms with Gasteiger partial charge in [-0.15, -0.1) is 0 Å². The first kappa shape index (κ1) is 16.4. The summed E-state index contributed by atoms with van der Waals surface area (Å²) < 4.78 is 19.2. The van der Waals surface area contributed by atoms with Crippen molar-refractivity contribution in [1.29, 1.82) is 0 Å². The second kappa shape index (κ2) is 7.85. The molecule has 0 fully saturated rings. The van der Waals surface area contributed by atoms with Crippen molar-refractivity contribution in [2.75, 3.05) is 13.6 Å². The Balaban J connectivity index is 2.61. The van der Waals surface area contributed by atoms with Crippen LogP contribution in [0.5, 0.6) is 5.75 Å². The van der Waals surface area contributed by atoms with E-state index in [9.17, 15) is 9.18 Å². The average molecular weight is 282 g/mol. The largest absolute Gasteiger partial charge is 0.478 e. The summed E-state index contributed by atoms with van der Waals surface area (Å²) in [6, 6.07) is 4.73. The summed E-state index contributed by atoms with van der Waals surface area (Å²) in [5.41, 5.74) is 0.828. The molecule has 0 spiro atoms. The topological polar surface area (TPSA) is 50.4 Å². The molecule has 112 valence electrons. The first-order chi connectivity index (χ1) is 9.43. The molecule has 2 N–H and O–H groups in total. The van der Waals surface area contributed by atoms with E-state index < -0.39 is 11.9 Å². The van der Waals surface area contributed by atoms with E-state index in [-0.39, 0.29) is 11.7 Å². The van der Waals surface area contributed by atoms with E-state index in [1.165, 1.54) is 6.07 Å². The molecule has 0 bridgehead atoms. The van der Waals surface area contributed by atoms with Crippen LogP contribution in [0.1, 0.15) is 26.3 Å². The Labute approximate surface area is 119 Å². The molecular weight excluding hydrogens is 259 g/mol. The van der Waals surface area contributed by atoms with Crippen LogP contribution in [-0.2, 0) is 11.3 Å². The van der Waals surface area contributed by atoms with Gasteiger partial charge in [-0.05, 0) is 37.6 Å². The molecule has 1 aromatic carbocycles. The molecule has 0 aliphatic heterocycles. The number of halogens is 1. The quantitative estimate of drug-likeness (QED) is 0.805. The third-order valence-electron chi connectivity index (χ3n) is 2.73. The molecule has 0 saturated carbocycles. The van der Waals surface area contributed by atoms with Gasteiger partial charge in [0.05, 0.1) is 0 Å². The number of hydrogen-bond donors (Lipinski definition) is 2. The molecule has 0 aliphatic carbocycles. The molecule has 0 heterocycles. The lowest BCUT2D eigenvalue weighted by atomic mass is 10.2. The van der Waals surface area contributed by atoms with Crippen LogP contribution in [0.2, 0.25) is 0 Å². The van der Waals surface area contributed by atoms with E-state index in [1.807, 2.05) is 13.8 Å². The Morgan fingerprint density at radius 1 is 1.35 bits per heavy atom. The predicted octanol–water partition coefficient (Wildman–Crippen LogP) is 2.08. The molecule has 1 rings (SSSR count). The number of amides is 1. The van der Waals surface area contributed by atoms with Crippen LogP contribution in [0.25, 0.3) is 0 Å². The Bertz CT molecular complexity index is 449. The third kappa shape index (κ3) is 5.17. The molecule has 5 heteroatoms. The van der Waals surface area contributed by atoms with Gasteiger partial charge in [0.2, 0.25) is 0 Å². The van der Waals surface area contributed by atoms with Crippen LogP contribution in [0.3, 0.4) is 0 Å². The van der Waals surface area contributed by atoms with Crippen molar-refractivity contribution in [1.82, 2.24) is 10.6 Å². The Morgan fingerprint density at radius 3 is 2.60 bits per heavy atom. The van der Waals surface area contributed by atoms with Gasteiger partial charge in [-0.3, -0.25) is 4.79 Å². The molecule has 1 unspecified atom stereocenters. The van der Waals surface area contributed by atoms with Crippen molar-refractivity contribution in [2.24, 2.45) is 5.92 Å². The fourth-order valence-corrected chi connectivity index (χ4v) is 1.65. The van der Waals surface area contributed by atoms with Crippen LogP contribution in [0.4, 0.5) is 4.39 Å². The normalized spacial score (nSPS) is 12.3. The van der Waals surface area contributed by atoms with Crippen LogP contribution in [0, 0.1) is 11.7 Å². The van der Waals surface area contributed by atoms with Crippen LogP contribution >= 0.6 is 0 Å². The summed E-state index contributed by atoms with van der Waals surface area (Å²) >= 11 is 0. The first-order valence-electron chi connectivity index (χ1n) is 6.81. The Hall–Kier alpha value is -1.62. The van der Waals surface area contributed by atoms with Gasteiger partial charge < -0.3 is 15.4 Å². The minimum Gasteiger partial charge on any atom is -0.478 e. The van der Waals surface area contributed by atoms with Gasteiger partial charge in [0.15, 0.2) is 17.7 Å². The Morgan fingerprint density at radius 2 is 2.05 bits per heavy atom. The van der Waals surface area contributed by atoms with E-state index >= 15 is 0 Å². The number of nitrogens with one attached hydrogen (secondary N) is 2. The average Bonchev–Trinajstić information content (AvgIpc) is 2.39. The molecule has 1 aromatic rings. The number of benzene rings is 1. The first-order valence-corrected chi connectivity index (χ1v) is 6.81. The second-order valence-corrected chi connectivity index (χ2v) is 5.19. The minimum absolute atomic E-state index is 0.0945. The predicted molar refractivity (Wildman–Crippen MR) is 77.1 cm³/mol. The summed E-state index contributed by atoms with van der Waals surface area (Å²) in [6.07, 6.45) is -0.724. The van der Waals surface area contributed by atoms with E-state index in [0.717, 1.165) is 5.56 Å². The van der Waals surface area contributed by atoms with Crippen molar-refractivity contribution in [2.45, 2.75) is 33.4 Å². The highest BCUT2D eigenvalue weighted by Gasteiger charge is 2.16. The van der Waals surface area contributed by atoms with E-state index in [1.54, 1.807) is 26.1 Å². The van der Waals surface area contributed by atoms with Gasteiger partial charge in [0.1, 0.15) is 0 Å². The molecule has 4 nitrogen and oxygen atoms in total. The molecular formula is C15H23FN2O2. The highest BCUT2D eigenvalue weighted by Crippen LogP contribution is 2.19. The maximum absolute atomic E-state index is 13.8. The van der Waals surface area contributed by atoms with Gasteiger partial charge in [0.25, 0.3) is 5.91 Å². The monoisotopic (exact) mass is 282 g/mol. The van der Waals surface area contributed by atoms with E-state index in [0.29, 0.717) is 19.0 Å². The molecule has 0 saturated heterocycles. The van der Waals surface area contributed by atoms with Gasteiger partial charge in [-0.25, -0.2) is 4.39 Å². The van der Waals surface area contributed by atoms with Gasteiger partial charge >= 0.3 is 0 Å². The fraction of sp³-hybridized carbons (Fsp3) is 0.533. The van der Waals surface area contributed by atoms with Crippen molar-refractivity contribution in [3.63, 3.8) is 0 Å². The van der Waals surface area contributed by atoms with E-state index in [4.69, 9.17) is 4.74 Å². The highest BCUT2D eigenvalue weighted by molar-refractivity contribution is 5.80. The van der Waals surface area contributed by atoms with Crippen LogP contribution < -0.4 is 15.4 Å². The summed E-state index contributed by atoms with van der Waals surface area (Å²) in [7, 11) is 1.80. The van der Waals surface area contributed by atoms with Crippen LogP contribution in [0.15, 0.2) is 18.2 Å². The second-order valence-electron chi connectivity index (χ2n) is 5.19. The molecule has 0 aliphatic rings. The number of carbonyl (C=O) groups excluding carboxylic acids is 1. The number of carbonyl (C=O) groups is 1. The lowest BCUT2D eigenvalue weighted by Gasteiger charge is -2.16. The van der Waals surface area contributed by atoms with Crippen molar-refractivity contribution in [3.8, 4) is 5.75 Å². The molecule has 1 atom stereocenters. The maximum Gasteiger partial charge on any atom is 0.260 e. The molecule has 0 aromatic heterocycles. The standard InChI is InChI=1S/C15H23FN2O2/c1-10(2)8-18-15(19)11(3)20-14-6-5-12(9-17-4)7-13(14)16/h5-7,10-11,17H,8-9H2,1-4H3,(H,18,19). The SMILES string of the molecule is CNCc1ccc(OC(C)C(=O)NCC(C)C)c(F)c1. The summed E-state index contributed by atoms with van der Waals surface area (Å²) in [6.45, 7) is 6.78. The van der Waals surface area contributed by atoms with Crippen molar-refractivity contribution >= 4 is 5.91 Å². The molecule has 20 heavy (non-hydrogen) atoms. The van der Waals surface area contributed by atoms with Gasteiger partial charge in [-0.2, -0.15) is 0 Å². The third-order valence-corrected chi connectivity index (χ3v) is 2.73. The zero-order valence-electron chi connectivity index (χ0n) is 12.5. The number of rotatable bonds is 7. The molecule has 0 radical (unpaired) electrons. The zero-order valence-corrected chi connectivity index (χ0v) is 12.5. The van der Waals surface area contributed by atoms with Crippen LogP contribution in [-0.4, -0.2) is 25.6 Å². The highest BCUT2D eigenvalue weighted by atomic mass is 19.1. The van der Waals surface area contributed by atoms with Crippen molar-refractivity contribution < 1.29 is 13.9 Å². The van der Waals surface area contributed by atoms with E-state index in [2.05, 4.69) is 10.6 Å². The van der Waals surface area contributed by atoms with Gasteiger partial charge in [-0.1, -0.05) is 19.9 Å². The minimum atomic E-state index is -0.724. The number of ether oxygens (including phenoxy) is 1. The number of hydrogen-bond acceptors (Lipinski definition) is 3. The lowest BCUT2D eigenvalue weighted by Crippen LogP contribution is -2.38. The lowest BCUT2D eigenvalue weighted by molar-refractivity contribution is -0.127. The summed E-state index contributed by atoms with van der Waals surface area (Å²) in [5, 5.41) is 5.70.